The van der Waals surface area contributed by atoms with E-state index in [1.807, 2.05) is 6.92 Å². The first-order valence-corrected chi connectivity index (χ1v) is 7.83. The molecule has 1 aliphatic carbocycles. The molecule has 0 saturated carbocycles. The van der Waals surface area contributed by atoms with Gasteiger partial charge in [-0.25, -0.2) is 0 Å². The molecule has 0 saturated heterocycles. The van der Waals surface area contributed by atoms with Gasteiger partial charge in [0.1, 0.15) is 0 Å². The van der Waals surface area contributed by atoms with Gasteiger partial charge in [0.2, 0.25) is 11.8 Å². The van der Waals surface area contributed by atoms with E-state index in [2.05, 4.69) is 11.4 Å². The normalized spacial score (nSPS) is 14.6. The third kappa shape index (κ3) is 6.73. The van der Waals surface area contributed by atoms with Crippen LogP contribution < -0.4 is 5.32 Å². The molecule has 0 aromatic carbocycles. The first-order chi connectivity index (χ1) is 9.63. The summed E-state index contributed by atoms with van der Waals surface area (Å²) in [6.45, 7) is 5.59. The van der Waals surface area contributed by atoms with E-state index in [-0.39, 0.29) is 11.8 Å². The summed E-state index contributed by atoms with van der Waals surface area (Å²) in [5, 5.41) is 2.84. The summed E-state index contributed by atoms with van der Waals surface area (Å²) in [5.74, 6) is 0.0969. The highest BCUT2D eigenvalue weighted by Crippen LogP contribution is 2.20. The van der Waals surface area contributed by atoms with Crippen molar-refractivity contribution in [3.05, 3.63) is 11.6 Å². The lowest BCUT2D eigenvalue weighted by Gasteiger charge is -2.22. The zero-order valence-electron chi connectivity index (χ0n) is 12.9. The number of nitrogens with zero attached hydrogens (tertiary/aromatic N) is 1. The van der Waals surface area contributed by atoms with Crippen LogP contribution in [-0.2, 0) is 9.59 Å². The first kappa shape index (κ1) is 16.7. The van der Waals surface area contributed by atoms with Gasteiger partial charge in [-0.2, -0.15) is 0 Å². The van der Waals surface area contributed by atoms with Crippen LogP contribution in [0.2, 0.25) is 0 Å². The second-order valence-corrected chi connectivity index (χ2v) is 5.46. The number of rotatable bonds is 8. The van der Waals surface area contributed by atoms with Crippen LogP contribution in [0.5, 0.6) is 0 Å². The van der Waals surface area contributed by atoms with Gasteiger partial charge in [-0.1, -0.05) is 18.6 Å². The van der Waals surface area contributed by atoms with E-state index in [9.17, 15) is 9.59 Å². The van der Waals surface area contributed by atoms with Crippen molar-refractivity contribution in [2.75, 3.05) is 19.6 Å². The molecule has 0 unspecified atom stereocenters. The molecule has 0 aromatic rings. The number of amides is 2. The topological polar surface area (TPSA) is 49.4 Å². The molecule has 0 radical (unpaired) electrons. The maximum absolute atomic E-state index is 11.6. The predicted molar refractivity (Wildman–Crippen MR) is 81.3 cm³/mol. The first-order valence-electron chi connectivity index (χ1n) is 7.83. The highest BCUT2D eigenvalue weighted by atomic mass is 16.2. The summed E-state index contributed by atoms with van der Waals surface area (Å²) in [7, 11) is 0. The second kappa shape index (κ2) is 9.56. The molecule has 20 heavy (non-hydrogen) atoms. The predicted octanol–water partition coefficient (Wildman–Crippen LogP) is 2.64. The zero-order chi connectivity index (χ0) is 14.8. The number of carbonyl (C=O) groups excluding carboxylic acids is 2. The Balaban J connectivity index is 2.31. The highest BCUT2D eigenvalue weighted by Gasteiger charge is 2.12. The summed E-state index contributed by atoms with van der Waals surface area (Å²) in [6, 6.07) is 0. The second-order valence-electron chi connectivity index (χ2n) is 5.46. The standard InChI is InChI=1S/C16H28N2O2/c1-3-11-17-16(20)10-13-18(14(2)19)12-9-15-7-5-4-6-8-15/h7H,3-6,8-13H2,1-2H3,(H,17,20). The molecule has 0 bridgehead atoms. The Labute approximate surface area is 122 Å². The van der Waals surface area contributed by atoms with Crippen LogP contribution in [0.15, 0.2) is 11.6 Å². The third-order valence-electron chi connectivity index (χ3n) is 3.71. The van der Waals surface area contributed by atoms with Crippen molar-refractivity contribution in [2.24, 2.45) is 0 Å². The quantitative estimate of drug-likeness (QED) is 0.695. The largest absolute Gasteiger partial charge is 0.356 e. The molecule has 0 heterocycles. The number of hydrogen-bond acceptors (Lipinski definition) is 2. The molecule has 1 N–H and O–H groups in total. The van der Waals surface area contributed by atoms with E-state index < -0.39 is 0 Å². The summed E-state index contributed by atoms with van der Waals surface area (Å²) >= 11 is 0. The minimum atomic E-state index is 0.0370. The van der Waals surface area contributed by atoms with Gasteiger partial charge in [0.25, 0.3) is 0 Å². The SMILES string of the molecule is CCCNC(=O)CCN(CCC1=CCCCC1)C(C)=O. The van der Waals surface area contributed by atoms with E-state index >= 15 is 0 Å². The molecule has 0 aliphatic heterocycles. The van der Waals surface area contributed by atoms with Crippen molar-refractivity contribution in [1.29, 1.82) is 0 Å². The van der Waals surface area contributed by atoms with Gasteiger partial charge in [-0.15, -0.1) is 0 Å². The summed E-state index contributed by atoms with van der Waals surface area (Å²) in [4.78, 5) is 25.0. The number of hydrogen-bond donors (Lipinski definition) is 1. The number of allylic oxidation sites excluding steroid dienone is 1. The van der Waals surface area contributed by atoms with Gasteiger partial charge < -0.3 is 10.2 Å². The highest BCUT2D eigenvalue weighted by molar-refractivity contribution is 5.77. The average molecular weight is 280 g/mol. The van der Waals surface area contributed by atoms with Crippen LogP contribution in [0.1, 0.15) is 58.8 Å². The van der Waals surface area contributed by atoms with Crippen LogP contribution in [-0.4, -0.2) is 36.3 Å². The number of nitrogens with one attached hydrogen (secondary N) is 1. The maximum atomic E-state index is 11.6. The van der Waals surface area contributed by atoms with Crippen molar-refractivity contribution in [3.63, 3.8) is 0 Å². The lowest BCUT2D eigenvalue weighted by molar-refractivity contribution is -0.129. The summed E-state index contributed by atoms with van der Waals surface area (Å²) in [6.07, 6.45) is 9.52. The third-order valence-corrected chi connectivity index (χ3v) is 3.71. The van der Waals surface area contributed by atoms with Crippen LogP contribution in [0, 0.1) is 0 Å². The molecule has 0 spiro atoms. The molecule has 0 atom stereocenters. The van der Waals surface area contributed by atoms with Crippen LogP contribution in [0.3, 0.4) is 0 Å². The molecule has 4 nitrogen and oxygen atoms in total. The lowest BCUT2D eigenvalue weighted by atomic mass is 9.97. The zero-order valence-corrected chi connectivity index (χ0v) is 12.9. The van der Waals surface area contributed by atoms with Crippen molar-refractivity contribution in [2.45, 2.75) is 58.8 Å². The molecule has 1 aliphatic rings. The van der Waals surface area contributed by atoms with Gasteiger partial charge >= 0.3 is 0 Å². The Morgan fingerprint density at radius 3 is 2.70 bits per heavy atom. The maximum Gasteiger partial charge on any atom is 0.221 e. The minimum absolute atomic E-state index is 0.0370. The van der Waals surface area contributed by atoms with Crippen LogP contribution in [0.4, 0.5) is 0 Å². The summed E-state index contributed by atoms with van der Waals surface area (Å²) < 4.78 is 0. The van der Waals surface area contributed by atoms with E-state index in [1.54, 1.807) is 11.8 Å². The van der Waals surface area contributed by atoms with E-state index in [0.717, 1.165) is 19.4 Å². The van der Waals surface area contributed by atoms with Gasteiger partial charge in [-0.3, -0.25) is 9.59 Å². The smallest absolute Gasteiger partial charge is 0.221 e. The summed E-state index contributed by atoms with van der Waals surface area (Å²) in [5.41, 5.74) is 1.47. The lowest BCUT2D eigenvalue weighted by Crippen LogP contribution is -2.35. The van der Waals surface area contributed by atoms with Crippen molar-refractivity contribution in [3.8, 4) is 0 Å². The molecule has 0 fully saturated rings. The van der Waals surface area contributed by atoms with E-state index in [1.165, 1.54) is 31.3 Å². The Bertz CT molecular complexity index is 350. The molecule has 1 rings (SSSR count). The van der Waals surface area contributed by atoms with Crippen molar-refractivity contribution in [1.82, 2.24) is 10.2 Å². The Hall–Kier alpha value is -1.32. The Kier molecular flexibility index (Phi) is 8.00. The Morgan fingerprint density at radius 2 is 2.10 bits per heavy atom. The van der Waals surface area contributed by atoms with Crippen LogP contribution in [0.25, 0.3) is 0 Å². The molecular formula is C16H28N2O2. The molecular weight excluding hydrogens is 252 g/mol. The fraction of sp³-hybridized carbons (Fsp3) is 0.750. The van der Waals surface area contributed by atoms with Gasteiger partial charge in [0, 0.05) is 33.0 Å². The number of carbonyl (C=O) groups is 2. The van der Waals surface area contributed by atoms with Gasteiger partial charge in [0.05, 0.1) is 0 Å². The average Bonchev–Trinajstić information content (AvgIpc) is 2.45. The molecule has 2 amide bonds. The monoisotopic (exact) mass is 280 g/mol. The molecule has 4 heteroatoms. The van der Waals surface area contributed by atoms with Crippen molar-refractivity contribution < 1.29 is 9.59 Å². The van der Waals surface area contributed by atoms with E-state index in [0.29, 0.717) is 19.5 Å². The van der Waals surface area contributed by atoms with Gasteiger partial charge in [0.15, 0.2) is 0 Å². The minimum Gasteiger partial charge on any atom is -0.356 e. The van der Waals surface area contributed by atoms with Gasteiger partial charge in [-0.05, 0) is 38.5 Å². The van der Waals surface area contributed by atoms with Crippen LogP contribution >= 0.6 is 0 Å². The fourth-order valence-corrected chi connectivity index (χ4v) is 2.43. The fourth-order valence-electron chi connectivity index (χ4n) is 2.43. The van der Waals surface area contributed by atoms with Crippen molar-refractivity contribution >= 4 is 11.8 Å². The Morgan fingerprint density at radius 1 is 1.30 bits per heavy atom. The molecule has 0 aromatic heterocycles. The van der Waals surface area contributed by atoms with E-state index in [4.69, 9.17) is 0 Å². The molecule has 114 valence electrons.